The van der Waals surface area contributed by atoms with E-state index in [2.05, 4.69) is 5.10 Å². The van der Waals surface area contributed by atoms with Gasteiger partial charge in [0.25, 0.3) is 10.2 Å². The second-order valence-corrected chi connectivity index (χ2v) is 7.27. The number of carbonyl (C=O) groups excluding carboxylic acids is 1. The van der Waals surface area contributed by atoms with Crippen molar-refractivity contribution in [1.82, 2.24) is 9.78 Å². The molecule has 0 aromatic carbocycles. The first-order valence-electron chi connectivity index (χ1n) is 7.26. The van der Waals surface area contributed by atoms with Crippen LogP contribution >= 0.6 is 0 Å². The lowest BCUT2D eigenvalue weighted by molar-refractivity contribution is -0.888. The molecule has 0 saturated carbocycles. The van der Waals surface area contributed by atoms with Crippen LogP contribution in [0.25, 0.3) is 0 Å². The minimum atomic E-state index is -5.19. The molecule has 1 aromatic rings. The van der Waals surface area contributed by atoms with E-state index in [-0.39, 0.29) is 6.42 Å². The fraction of sp³-hybridized carbons (Fsp3) is 0.667. The van der Waals surface area contributed by atoms with Crippen LogP contribution < -0.4 is 19.5 Å². The number of quaternary nitrogens is 1. The number of likely N-dealkylation sites (N-methyl/N-ethyl adjacent to an activating group) is 1. The molecule has 14 heteroatoms. The second kappa shape index (κ2) is 8.18. The summed E-state index contributed by atoms with van der Waals surface area (Å²) in [5.41, 5.74) is 0.372. The molecule has 0 radical (unpaired) electrons. The van der Waals surface area contributed by atoms with E-state index < -0.39 is 34.6 Å². The molecule has 150 valence electrons. The lowest BCUT2D eigenvalue weighted by atomic mass is 10.0. The smallest absolute Gasteiger partial charge is 0.430 e. The standard InChI is InChI=1S/C10H18FN5O2S.C2HF3O2/c1-14-5-8(11)3-9(6-14)16(19(12,17)18)10-4-13-15(2)7-10;3-2(4,5)1(6)7/h4,7-9H,3,5-6H2,1-2H3,(H2,12,17,18);(H,6,7)/t8-,9+;/m1./s1. The van der Waals surface area contributed by atoms with Crippen LogP contribution in [0, 0.1) is 0 Å². The van der Waals surface area contributed by atoms with Crippen molar-refractivity contribution in [2.75, 3.05) is 24.4 Å². The van der Waals surface area contributed by atoms with E-state index in [0.717, 1.165) is 9.21 Å². The van der Waals surface area contributed by atoms with Gasteiger partial charge in [-0.1, -0.05) is 0 Å². The molecule has 1 aliphatic heterocycles. The van der Waals surface area contributed by atoms with Gasteiger partial charge in [0, 0.05) is 19.7 Å². The first-order chi connectivity index (χ1) is 11.7. The number of hydrogen-bond acceptors (Lipinski definition) is 5. The maximum absolute atomic E-state index is 13.6. The van der Waals surface area contributed by atoms with Crippen LogP contribution in [0.2, 0.25) is 0 Å². The quantitative estimate of drug-likeness (QED) is 0.532. The number of nitrogens with zero attached hydrogens (tertiary/aromatic N) is 3. The molecule has 2 rings (SSSR count). The highest BCUT2D eigenvalue weighted by atomic mass is 32.2. The number of nitrogens with one attached hydrogen (secondary N) is 1. The fourth-order valence-electron chi connectivity index (χ4n) is 2.59. The Bertz CT molecular complexity index is 713. The number of likely N-dealkylation sites (tertiary alicyclic amines) is 1. The molecule has 2 heterocycles. The Balaban J connectivity index is 0.000000412. The van der Waals surface area contributed by atoms with Crippen LogP contribution in [-0.2, 0) is 22.1 Å². The highest BCUT2D eigenvalue weighted by molar-refractivity contribution is 7.90. The number of rotatable bonds is 3. The SMILES string of the molecule is Cn1cc(N([C@H]2C[C@@H](F)C[NH+](C)C2)S(N)(=O)=O)cn1.O=C([O-])C(F)(F)F. The van der Waals surface area contributed by atoms with Crippen molar-refractivity contribution < 1.29 is 40.8 Å². The molecule has 1 fully saturated rings. The number of carbonyl (C=O) groups is 1. The number of nitrogens with two attached hydrogens (primary N) is 1. The highest BCUT2D eigenvalue weighted by Crippen LogP contribution is 2.22. The number of carboxylic acid groups (broad SMARTS) is 1. The molecule has 0 amide bonds. The molecular formula is C12H19F4N5O4S. The van der Waals surface area contributed by atoms with Crippen molar-refractivity contribution >= 4 is 21.9 Å². The number of hydrogen-bond donors (Lipinski definition) is 2. The Morgan fingerprint density at radius 3 is 2.35 bits per heavy atom. The van der Waals surface area contributed by atoms with Crippen molar-refractivity contribution in [3.8, 4) is 0 Å². The van der Waals surface area contributed by atoms with Gasteiger partial charge in [-0.3, -0.25) is 4.68 Å². The average molecular weight is 405 g/mol. The van der Waals surface area contributed by atoms with Gasteiger partial charge in [-0.15, -0.1) is 0 Å². The van der Waals surface area contributed by atoms with Crippen molar-refractivity contribution in [1.29, 1.82) is 0 Å². The van der Waals surface area contributed by atoms with Crippen LogP contribution in [0.3, 0.4) is 0 Å². The summed E-state index contributed by atoms with van der Waals surface area (Å²) < 4.78 is 71.3. The van der Waals surface area contributed by atoms with Gasteiger partial charge in [-0.2, -0.15) is 26.7 Å². The zero-order chi connectivity index (χ0) is 20.3. The normalized spacial score (nSPS) is 23.7. The van der Waals surface area contributed by atoms with E-state index in [4.69, 9.17) is 15.0 Å². The fourth-order valence-corrected chi connectivity index (χ4v) is 3.56. The van der Waals surface area contributed by atoms with Crippen molar-refractivity contribution in [2.24, 2.45) is 12.2 Å². The van der Waals surface area contributed by atoms with Crippen molar-refractivity contribution in [2.45, 2.75) is 24.8 Å². The lowest BCUT2D eigenvalue weighted by Gasteiger charge is -2.35. The van der Waals surface area contributed by atoms with Crippen molar-refractivity contribution in [3.63, 3.8) is 0 Å². The molecule has 0 spiro atoms. The van der Waals surface area contributed by atoms with Gasteiger partial charge < -0.3 is 14.8 Å². The third-order valence-electron chi connectivity index (χ3n) is 3.46. The summed E-state index contributed by atoms with van der Waals surface area (Å²) in [6.07, 6.45) is -3.09. The summed E-state index contributed by atoms with van der Waals surface area (Å²) in [5.74, 6) is -3.01. The minimum Gasteiger partial charge on any atom is -0.542 e. The Labute approximate surface area is 147 Å². The summed E-state index contributed by atoms with van der Waals surface area (Å²) in [6, 6.07) is -0.483. The zero-order valence-corrected chi connectivity index (χ0v) is 14.7. The summed E-state index contributed by atoms with van der Waals surface area (Å²) >= 11 is 0. The number of alkyl halides is 4. The Kier molecular flexibility index (Phi) is 6.95. The Morgan fingerprint density at radius 2 is 2.00 bits per heavy atom. The molecule has 26 heavy (non-hydrogen) atoms. The molecular weight excluding hydrogens is 386 g/mol. The lowest BCUT2D eigenvalue weighted by Crippen LogP contribution is -3.13. The largest absolute Gasteiger partial charge is 0.542 e. The van der Waals surface area contributed by atoms with Crippen LogP contribution in [0.5, 0.6) is 0 Å². The van der Waals surface area contributed by atoms with E-state index >= 15 is 0 Å². The molecule has 3 N–H and O–H groups in total. The third kappa shape index (κ3) is 6.42. The van der Waals surface area contributed by atoms with Gasteiger partial charge in [0.2, 0.25) is 0 Å². The number of halogens is 4. The predicted octanol–water partition coefficient (Wildman–Crippen LogP) is -2.65. The van der Waals surface area contributed by atoms with E-state index in [9.17, 15) is 26.0 Å². The minimum absolute atomic E-state index is 0.155. The summed E-state index contributed by atoms with van der Waals surface area (Å²) in [7, 11) is -0.433. The third-order valence-corrected chi connectivity index (χ3v) is 4.52. The predicted molar refractivity (Wildman–Crippen MR) is 79.8 cm³/mol. The van der Waals surface area contributed by atoms with Crippen LogP contribution in [0.15, 0.2) is 12.4 Å². The van der Waals surface area contributed by atoms with Crippen molar-refractivity contribution in [3.05, 3.63) is 12.4 Å². The van der Waals surface area contributed by atoms with E-state index in [1.807, 2.05) is 7.05 Å². The van der Waals surface area contributed by atoms with E-state index in [1.54, 1.807) is 13.2 Å². The Hall–Kier alpha value is -1.93. The number of aromatic nitrogens is 2. The van der Waals surface area contributed by atoms with Gasteiger partial charge in [0.05, 0.1) is 31.5 Å². The van der Waals surface area contributed by atoms with Crippen LogP contribution in [-0.4, -0.2) is 62.7 Å². The first kappa shape index (κ1) is 22.1. The van der Waals surface area contributed by atoms with Gasteiger partial charge in [0.1, 0.15) is 12.5 Å². The number of aliphatic carboxylic acids is 1. The molecule has 0 aliphatic carbocycles. The van der Waals surface area contributed by atoms with E-state index in [0.29, 0.717) is 18.8 Å². The number of piperidine rings is 1. The monoisotopic (exact) mass is 405 g/mol. The second-order valence-electron chi connectivity index (χ2n) is 5.85. The van der Waals surface area contributed by atoms with Gasteiger partial charge in [0.15, 0.2) is 6.17 Å². The number of carboxylic acids is 1. The average Bonchev–Trinajstić information content (AvgIpc) is 2.81. The molecule has 1 unspecified atom stereocenters. The summed E-state index contributed by atoms with van der Waals surface area (Å²) in [6.45, 7) is 0.910. The Morgan fingerprint density at radius 1 is 1.46 bits per heavy atom. The first-order valence-corrected chi connectivity index (χ1v) is 8.76. The molecule has 9 nitrogen and oxygen atoms in total. The van der Waals surface area contributed by atoms with Gasteiger partial charge in [-0.25, -0.2) is 13.8 Å². The molecule has 1 aliphatic rings. The van der Waals surface area contributed by atoms with Gasteiger partial charge >= 0.3 is 6.18 Å². The zero-order valence-electron chi connectivity index (χ0n) is 13.9. The molecule has 0 bridgehead atoms. The van der Waals surface area contributed by atoms with Gasteiger partial charge in [-0.05, 0) is 0 Å². The summed E-state index contributed by atoms with van der Waals surface area (Å²) in [5, 5.41) is 18.0. The topological polar surface area (TPSA) is 126 Å². The van der Waals surface area contributed by atoms with Crippen LogP contribution in [0.4, 0.5) is 23.2 Å². The maximum Gasteiger partial charge on any atom is 0.430 e. The molecule has 1 saturated heterocycles. The van der Waals surface area contributed by atoms with Crippen LogP contribution in [0.1, 0.15) is 6.42 Å². The maximum atomic E-state index is 13.6. The van der Waals surface area contributed by atoms with E-state index in [1.165, 1.54) is 10.9 Å². The highest BCUT2D eigenvalue weighted by Gasteiger charge is 2.37. The number of anilines is 1. The molecule has 3 atom stereocenters. The number of aryl methyl sites for hydroxylation is 1. The molecule has 1 aromatic heterocycles. The summed E-state index contributed by atoms with van der Waals surface area (Å²) in [4.78, 5) is 9.73.